The van der Waals surface area contributed by atoms with Gasteiger partial charge in [0.2, 0.25) is 5.91 Å². The van der Waals surface area contributed by atoms with Gasteiger partial charge >= 0.3 is 0 Å². The van der Waals surface area contributed by atoms with Crippen molar-refractivity contribution in [2.45, 2.75) is 25.7 Å². The van der Waals surface area contributed by atoms with Crippen LogP contribution in [0.5, 0.6) is 5.75 Å². The number of hydrogen-bond donors (Lipinski definition) is 1. The van der Waals surface area contributed by atoms with Crippen molar-refractivity contribution in [1.29, 1.82) is 0 Å². The fourth-order valence-electron chi connectivity index (χ4n) is 2.32. The number of anilines is 1. The summed E-state index contributed by atoms with van der Waals surface area (Å²) in [7, 11) is 1.81. The van der Waals surface area contributed by atoms with Gasteiger partial charge in [-0.1, -0.05) is 0 Å². The molecule has 0 spiro atoms. The van der Waals surface area contributed by atoms with E-state index in [-0.39, 0.29) is 5.91 Å². The lowest BCUT2D eigenvalue weighted by Gasteiger charge is -2.16. The van der Waals surface area contributed by atoms with Crippen molar-refractivity contribution in [1.82, 2.24) is 0 Å². The molecule has 0 fully saturated rings. The van der Waals surface area contributed by atoms with Crippen molar-refractivity contribution in [2.24, 2.45) is 5.73 Å². The van der Waals surface area contributed by atoms with Gasteiger partial charge in [0.15, 0.2) is 0 Å². The van der Waals surface area contributed by atoms with Crippen molar-refractivity contribution in [3.63, 3.8) is 0 Å². The van der Waals surface area contributed by atoms with Gasteiger partial charge in [0.05, 0.1) is 12.0 Å². The molecule has 2 N–H and O–H groups in total. The summed E-state index contributed by atoms with van der Waals surface area (Å²) in [6.45, 7) is 5.12. The summed E-state index contributed by atoms with van der Waals surface area (Å²) in [5, 5.41) is 0. The lowest BCUT2D eigenvalue weighted by Crippen LogP contribution is -2.33. The molecule has 1 aliphatic rings. The second-order valence-corrected chi connectivity index (χ2v) is 5.16. The minimum absolute atomic E-state index is 0.122. The van der Waals surface area contributed by atoms with E-state index in [0.717, 1.165) is 23.4 Å². The molecule has 0 unspecified atom stereocenters. The standard InChI is InChI=1S/C14H20N2O2/c1-14(2)11-9-10(18-8-4-7-15)5-6-12(11)16(3)13(14)17/h5-6,9H,4,7-8,15H2,1-3H3. The molecule has 1 amide bonds. The zero-order valence-corrected chi connectivity index (χ0v) is 11.2. The molecular weight excluding hydrogens is 228 g/mol. The number of likely N-dealkylation sites (N-methyl/N-ethyl adjacent to an activating group) is 1. The van der Waals surface area contributed by atoms with Gasteiger partial charge in [-0.05, 0) is 50.6 Å². The monoisotopic (exact) mass is 248 g/mol. The Balaban J connectivity index is 2.27. The van der Waals surface area contributed by atoms with Crippen LogP contribution in [-0.4, -0.2) is 26.1 Å². The molecule has 1 aliphatic heterocycles. The van der Waals surface area contributed by atoms with Crippen LogP contribution < -0.4 is 15.4 Å². The van der Waals surface area contributed by atoms with Gasteiger partial charge in [-0.15, -0.1) is 0 Å². The van der Waals surface area contributed by atoms with E-state index >= 15 is 0 Å². The fourth-order valence-corrected chi connectivity index (χ4v) is 2.32. The van der Waals surface area contributed by atoms with Gasteiger partial charge in [-0.25, -0.2) is 0 Å². The summed E-state index contributed by atoms with van der Waals surface area (Å²) < 4.78 is 5.63. The topological polar surface area (TPSA) is 55.6 Å². The first-order chi connectivity index (χ1) is 8.48. The summed E-state index contributed by atoms with van der Waals surface area (Å²) in [6.07, 6.45) is 0.833. The summed E-state index contributed by atoms with van der Waals surface area (Å²) in [6, 6.07) is 5.81. The van der Waals surface area contributed by atoms with E-state index in [9.17, 15) is 4.79 Å². The van der Waals surface area contributed by atoms with Crippen molar-refractivity contribution in [2.75, 3.05) is 25.1 Å². The minimum Gasteiger partial charge on any atom is -0.494 e. The first-order valence-corrected chi connectivity index (χ1v) is 6.24. The first-order valence-electron chi connectivity index (χ1n) is 6.24. The van der Waals surface area contributed by atoms with Crippen LogP contribution in [0, 0.1) is 0 Å². The van der Waals surface area contributed by atoms with E-state index in [1.54, 1.807) is 4.90 Å². The molecule has 1 heterocycles. The van der Waals surface area contributed by atoms with Crippen LogP contribution in [0.2, 0.25) is 0 Å². The lowest BCUT2D eigenvalue weighted by atomic mass is 9.86. The third-order valence-corrected chi connectivity index (χ3v) is 3.46. The predicted molar refractivity (Wildman–Crippen MR) is 72.0 cm³/mol. The number of hydrogen-bond acceptors (Lipinski definition) is 3. The molecule has 1 aromatic rings. The maximum absolute atomic E-state index is 12.1. The molecule has 0 atom stereocenters. The third kappa shape index (κ3) is 1.97. The summed E-state index contributed by atoms with van der Waals surface area (Å²) in [5.41, 5.74) is 6.95. The van der Waals surface area contributed by atoms with Crippen LogP contribution in [0.15, 0.2) is 18.2 Å². The predicted octanol–water partition coefficient (Wildman–Crippen LogP) is 1.67. The molecule has 0 saturated carbocycles. The molecule has 18 heavy (non-hydrogen) atoms. The molecule has 1 aromatic carbocycles. The Bertz CT molecular complexity index is 469. The molecule has 0 saturated heterocycles. The SMILES string of the molecule is CN1C(=O)C(C)(C)c2cc(OCCCN)ccc21. The molecule has 98 valence electrons. The molecule has 0 aliphatic carbocycles. The zero-order chi connectivity index (χ0) is 13.3. The smallest absolute Gasteiger partial charge is 0.236 e. The van der Waals surface area contributed by atoms with Crippen molar-refractivity contribution in [3.8, 4) is 5.75 Å². The number of amides is 1. The van der Waals surface area contributed by atoms with Crippen LogP contribution in [0.1, 0.15) is 25.8 Å². The number of carbonyl (C=O) groups is 1. The van der Waals surface area contributed by atoms with E-state index < -0.39 is 5.41 Å². The Kier molecular flexibility index (Phi) is 3.30. The number of fused-ring (bicyclic) bond motifs is 1. The number of ether oxygens (including phenoxy) is 1. The molecule has 2 rings (SSSR count). The van der Waals surface area contributed by atoms with Crippen molar-refractivity contribution >= 4 is 11.6 Å². The van der Waals surface area contributed by atoms with Gasteiger partial charge in [0.25, 0.3) is 0 Å². The zero-order valence-electron chi connectivity index (χ0n) is 11.2. The summed E-state index contributed by atoms with van der Waals surface area (Å²) in [4.78, 5) is 13.8. The molecule has 4 nitrogen and oxygen atoms in total. The number of benzene rings is 1. The van der Waals surface area contributed by atoms with E-state index in [0.29, 0.717) is 13.2 Å². The van der Waals surface area contributed by atoms with E-state index in [1.165, 1.54) is 0 Å². The average Bonchev–Trinajstić information content (AvgIpc) is 2.52. The molecule has 0 radical (unpaired) electrons. The molecule has 0 aromatic heterocycles. The average molecular weight is 248 g/mol. The van der Waals surface area contributed by atoms with Gasteiger partial charge < -0.3 is 15.4 Å². The largest absolute Gasteiger partial charge is 0.494 e. The first kappa shape index (κ1) is 12.9. The Hall–Kier alpha value is -1.55. The molecule has 0 bridgehead atoms. The minimum atomic E-state index is -0.475. The van der Waals surface area contributed by atoms with E-state index in [2.05, 4.69) is 0 Å². The Morgan fingerprint density at radius 1 is 1.39 bits per heavy atom. The van der Waals surface area contributed by atoms with Crippen LogP contribution >= 0.6 is 0 Å². The van der Waals surface area contributed by atoms with Crippen molar-refractivity contribution in [3.05, 3.63) is 23.8 Å². The van der Waals surface area contributed by atoms with Gasteiger partial charge in [0.1, 0.15) is 5.75 Å². The number of rotatable bonds is 4. The Morgan fingerprint density at radius 2 is 2.11 bits per heavy atom. The Morgan fingerprint density at radius 3 is 2.78 bits per heavy atom. The van der Waals surface area contributed by atoms with Crippen LogP contribution in [-0.2, 0) is 10.2 Å². The molecule has 4 heteroatoms. The van der Waals surface area contributed by atoms with Crippen molar-refractivity contribution < 1.29 is 9.53 Å². The van der Waals surface area contributed by atoms with E-state index in [1.807, 2.05) is 39.1 Å². The number of nitrogens with zero attached hydrogens (tertiary/aromatic N) is 1. The van der Waals surface area contributed by atoms with Crippen LogP contribution in [0.25, 0.3) is 0 Å². The highest BCUT2D eigenvalue weighted by Crippen LogP contribution is 2.42. The van der Waals surface area contributed by atoms with Gasteiger partial charge in [0, 0.05) is 12.7 Å². The van der Waals surface area contributed by atoms with Gasteiger partial charge in [-0.2, -0.15) is 0 Å². The second-order valence-electron chi connectivity index (χ2n) is 5.16. The van der Waals surface area contributed by atoms with E-state index in [4.69, 9.17) is 10.5 Å². The Labute approximate surface area is 108 Å². The molecular formula is C14H20N2O2. The van der Waals surface area contributed by atoms with Crippen LogP contribution in [0.3, 0.4) is 0 Å². The second kappa shape index (κ2) is 4.61. The highest BCUT2D eigenvalue weighted by atomic mass is 16.5. The highest BCUT2D eigenvalue weighted by molar-refractivity contribution is 6.07. The van der Waals surface area contributed by atoms with Gasteiger partial charge in [-0.3, -0.25) is 4.79 Å². The number of carbonyl (C=O) groups excluding carboxylic acids is 1. The van der Waals surface area contributed by atoms with Crippen LogP contribution in [0.4, 0.5) is 5.69 Å². The lowest BCUT2D eigenvalue weighted by molar-refractivity contribution is -0.121. The number of nitrogens with two attached hydrogens (primary N) is 1. The summed E-state index contributed by atoms with van der Waals surface area (Å²) >= 11 is 0. The maximum Gasteiger partial charge on any atom is 0.236 e. The fraction of sp³-hybridized carbons (Fsp3) is 0.500. The quantitative estimate of drug-likeness (QED) is 0.825. The summed E-state index contributed by atoms with van der Waals surface area (Å²) in [5.74, 6) is 0.926. The highest BCUT2D eigenvalue weighted by Gasteiger charge is 2.42. The maximum atomic E-state index is 12.1. The third-order valence-electron chi connectivity index (χ3n) is 3.46. The normalized spacial score (nSPS) is 16.9.